The summed E-state index contributed by atoms with van der Waals surface area (Å²) in [5.74, 6) is 0.723. The molecule has 2 fully saturated rings. The second-order valence-electron chi connectivity index (χ2n) is 5.48. The zero-order chi connectivity index (χ0) is 15.0. The maximum Gasteiger partial charge on any atom is 0.256 e. The van der Waals surface area contributed by atoms with Gasteiger partial charge in [-0.1, -0.05) is 0 Å². The van der Waals surface area contributed by atoms with Crippen LogP contribution in [0.25, 0.3) is 0 Å². The Morgan fingerprint density at radius 2 is 2.19 bits per heavy atom. The number of carbonyl (C=O) groups is 2. The molecule has 3 rings (SSSR count). The van der Waals surface area contributed by atoms with Crippen LogP contribution >= 0.6 is 0 Å². The molecule has 2 amide bonds. The summed E-state index contributed by atoms with van der Waals surface area (Å²) in [5.41, 5.74) is 6.83. The number of piperazine rings is 1. The van der Waals surface area contributed by atoms with Crippen LogP contribution in [0, 0.1) is 0 Å². The Balaban J connectivity index is 1.78. The second kappa shape index (κ2) is 5.27. The molecule has 0 spiro atoms. The lowest BCUT2D eigenvalue weighted by atomic mass is 10.1. The van der Waals surface area contributed by atoms with Crippen LogP contribution in [-0.4, -0.2) is 54.4 Å². The van der Waals surface area contributed by atoms with Crippen molar-refractivity contribution < 1.29 is 14.3 Å². The molecule has 6 heteroatoms. The molecule has 6 nitrogen and oxygen atoms in total. The number of carbonyl (C=O) groups excluding carboxylic acids is 2. The summed E-state index contributed by atoms with van der Waals surface area (Å²) in [6, 6.07) is 5.24. The Labute approximate surface area is 123 Å². The number of rotatable bonds is 2. The molecule has 1 aromatic rings. The van der Waals surface area contributed by atoms with Gasteiger partial charge < -0.3 is 20.3 Å². The lowest BCUT2D eigenvalue weighted by molar-refractivity contribution is -0.130. The van der Waals surface area contributed by atoms with Crippen LogP contribution in [0.5, 0.6) is 5.75 Å². The van der Waals surface area contributed by atoms with Gasteiger partial charge in [-0.05, 0) is 24.6 Å². The van der Waals surface area contributed by atoms with Crippen LogP contribution < -0.4 is 10.5 Å². The van der Waals surface area contributed by atoms with E-state index in [-0.39, 0.29) is 17.9 Å². The molecular weight excluding hydrogens is 270 g/mol. The van der Waals surface area contributed by atoms with Gasteiger partial charge in [0.15, 0.2) is 0 Å². The van der Waals surface area contributed by atoms with Crippen LogP contribution in [0.15, 0.2) is 18.2 Å². The summed E-state index contributed by atoms with van der Waals surface area (Å²) in [4.78, 5) is 28.0. The van der Waals surface area contributed by atoms with Crippen molar-refractivity contribution in [1.29, 1.82) is 0 Å². The quantitative estimate of drug-likeness (QED) is 0.814. The number of benzene rings is 1. The van der Waals surface area contributed by atoms with Crippen LogP contribution in [-0.2, 0) is 4.79 Å². The van der Waals surface area contributed by atoms with E-state index >= 15 is 0 Å². The van der Waals surface area contributed by atoms with Crippen molar-refractivity contribution in [1.82, 2.24) is 9.80 Å². The summed E-state index contributed by atoms with van der Waals surface area (Å²) >= 11 is 0. The number of amides is 2. The van der Waals surface area contributed by atoms with Crippen molar-refractivity contribution in [2.75, 3.05) is 32.5 Å². The third-order valence-corrected chi connectivity index (χ3v) is 4.27. The number of nitrogen functional groups attached to an aromatic ring is 1. The largest absolute Gasteiger partial charge is 0.497 e. The zero-order valence-corrected chi connectivity index (χ0v) is 12.0. The number of anilines is 1. The molecule has 1 aromatic carbocycles. The van der Waals surface area contributed by atoms with Gasteiger partial charge in [-0.15, -0.1) is 0 Å². The summed E-state index contributed by atoms with van der Waals surface area (Å²) in [6.07, 6.45) is 1.42. The van der Waals surface area contributed by atoms with E-state index in [0.717, 1.165) is 6.42 Å². The molecule has 2 heterocycles. The van der Waals surface area contributed by atoms with E-state index < -0.39 is 0 Å². The maximum absolute atomic E-state index is 12.6. The van der Waals surface area contributed by atoms with E-state index in [0.29, 0.717) is 43.1 Å². The van der Waals surface area contributed by atoms with E-state index in [1.54, 1.807) is 30.2 Å². The van der Waals surface area contributed by atoms with Gasteiger partial charge in [0.25, 0.3) is 5.91 Å². The molecule has 2 aliphatic heterocycles. The number of hydrogen-bond donors (Lipinski definition) is 1. The highest BCUT2D eigenvalue weighted by Gasteiger charge is 2.37. The molecule has 2 N–H and O–H groups in total. The first kappa shape index (κ1) is 13.7. The molecule has 21 heavy (non-hydrogen) atoms. The van der Waals surface area contributed by atoms with Crippen LogP contribution in [0.2, 0.25) is 0 Å². The number of fused-ring (bicyclic) bond motifs is 1. The molecule has 0 aliphatic carbocycles. The molecule has 112 valence electrons. The Kier molecular flexibility index (Phi) is 3.45. The topological polar surface area (TPSA) is 75.9 Å². The first-order valence-electron chi connectivity index (χ1n) is 7.12. The Morgan fingerprint density at radius 3 is 2.95 bits per heavy atom. The Bertz CT molecular complexity index is 588. The van der Waals surface area contributed by atoms with Crippen molar-refractivity contribution in [3.05, 3.63) is 23.8 Å². The zero-order valence-electron chi connectivity index (χ0n) is 12.0. The van der Waals surface area contributed by atoms with Gasteiger partial charge in [-0.3, -0.25) is 9.59 Å². The minimum absolute atomic E-state index is 0.0922. The third-order valence-electron chi connectivity index (χ3n) is 4.27. The lowest BCUT2D eigenvalue weighted by Crippen LogP contribution is -2.53. The summed E-state index contributed by atoms with van der Waals surface area (Å²) in [7, 11) is 1.56. The number of ether oxygens (including phenoxy) is 1. The predicted molar refractivity (Wildman–Crippen MR) is 78.0 cm³/mol. The fraction of sp³-hybridized carbons (Fsp3) is 0.467. The Morgan fingerprint density at radius 1 is 1.38 bits per heavy atom. The van der Waals surface area contributed by atoms with Gasteiger partial charge in [0.2, 0.25) is 5.91 Å². The van der Waals surface area contributed by atoms with E-state index in [2.05, 4.69) is 0 Å². The fourth-order valence-electron chi connectivity index (χ4n) is 3.07. The SMILES string of the molecule is COc1ccc(N)c(C(=O)N2CCN3C(=O)CCC3C2)c1. The summed E-state index contributed by atoms with van der Waals surface area (Å²) in [6.45, 7) is 1.75. The lowest BCUT2D eigenvalue weighted by Gasteiger charge is -2.37. The van der Waals surface area contributed by atoms with E-state index in [9.17, 15) is 9.59 Å². The molecule has 0 aromatic heterocycles. The van der Waals surface area contributed by atoms with Crippen molar-refractivity contribution in [2.45, 2.75) is 18.9 Å². The van der Waals surface area contributed by atoms with Crippen molar-refractivity contribution in [2.24, 2.45) is 0 Å². The molecular formula is C15H19N3O3. The normalized spacial score (nSPS) is 21.4. The molecule has 0 saturated carbocycles. The molecule has 0 radical (unpaired) electrons. The summed E-state index contributed by atoms with van der Waals surface area (Å²) in [5, 5.41) is 0. The van der Waals surface area contributed by atoms with Gasteiger partial charge in [-0.25, -0.2) is 0 Å². The maximum atomic E-state index is 12.6. The minimum atomic E-state index is -0.0922. The van der Waals surface area contributed by atoms with E-state index in [1.807, 2.05) is 4.90 Å². The molecule has 1 atom stereocenters. The smallest absolute Gasteiger partial charge is 0.256 e. The van der Waals surface area contributed by atoms with Gasteiger partial charge in [0.1, 0.15) is 5.75 Å². The highest BCUT2D eigenvalue weighted by molar-refractivity contribution is 5.99. The van der Waals surface area contributed by atoms with Crippen molar-refractivity contribution in [3.8, 4) is 5.75 Å². The first-order chi connectivity index (χ1) is 10.1. The summed E-state index contributed by atoms with van der Waals surface area (Å²) < 4.78 is 5.15. The predicted octanol–water partition coefficient (Wildman–Crippen LogP) is 0.724. The Hall–Kier alpha value is -2.24. The molecule has 2 saturated heterocycles. The van der Waals surface area contributed by atoms with Gasteiger partial charge in [-0.2, -0.15) is 0 Å². The van der Waals surface area contributed by atoms with Crippen molar-refractivity contribution >= 4 is 17.5 Å². The average Bonchev–Trinajstić information content (AvgIpc) is 2.88. The van der Waals surface area contributed by atoms with Crippen LogP contribution in [0.4, 0.5) is 5.69 Å². The molecule has 1 unspecified atom stereocenters. The monoisotopic (exact) mass is 289 g/mol. The fourth-order valence-corrected chi connectivity index (χ4v) is 3.07. The standard InChI is InChI=1S/C15H19N3O3/c1-21-11-3-4-13(16)12(8-11)15(20)17-6-7-18-10(9-17)2-5-14(18)19/h3-4,8,10H,2,5-7,9,16H2,1H3. The van der Waals surface area contributed by atoms with Gasteiger partial charge in [0, 0.05) is 37.8 Å². The number of methoxy groups -OCH3 is 1. The third kappa shape index (κ3) is 2.41. The van der Waals surface area contributed by atoms with E-state index in [1.165, 1.54) is 0 Å². The first-order valence-corrected chi connectivity index (χ1v) is 7.12. The number of nitrogens with two attached hydrogens (primary N) is 1. The van der Waals surface area contributed by atoms with Crippen LogP contribution in [0.1, 0.15) is 23.2 Å². The molecule has 2 aliphatic rings. The van der Waals surface area contributed by atoms with Gasteiger partial charge >= 0.3 is 0 Å². The minimum Gasteiger partial charge on any atom is -0.497 e. The van der Waals surface area contributed by atoms with Gasteiger partial charge in [0.05, 0.1) is 12.7 Å². The molecule has 0 bridgehead atoms. The van der Waals surface area contributed by atoms with E-state index in [4.69, 9.17) is 10.5 Å². The highest BCUT2D eigenvalue weighted by atomic mass is 16.5. The number of nitrogens with zero attached hydrogens (tertiary/aromatic N) is 2. The average molecular weight is 289 g/mol. The van der Waals surface area contributed by atoms with Crippen LogP contribution in [0.3, 0.4) is 0 Å². The second-order valence-corrected chi connectivity index (χ2v) is 5.48. The van der Waals surface area contributed by atoms with Crippen molar-refractivity contribution in [3.63, 3.8) is 0 Å². The highest BCUT2D eigenvalue weighted by Crippen LogP contribution is 2.26. The number of hydrogen-bond acceptors (Lipinski definition) is 4.